The number of carbonyl (C=O) groups excluding carboxylic acids is 1. The number of amides is 1. The van der Waals surface area contributed by atoms with Gasteiger partial charge in [-0.3, -0.25) is 4.79 Å². The molecule has 0 aliphatic carbocycles. The van der Waals surface area contributed by atoms with Crippen LogP contribution in [-0.2, 0) is 10.2 Å². The van der Waals surface area contributed by atoms with Gasteiger partial charge in [0.15, 0.2) is 18.1 Å². The minimum atomic E-state index is -0.384. The topological polar surface area (TPSA) is 78.4 Å². The Morgan fingerprint density at radius 1 is 1.03 bits per heavy atom. The zero-order chi connectivity index (χ0) is 22.3. The number of benzene rings is 2. The first kappa shape index (κ1) is 23.5. The number of methoxy groups -OCH3 is 3. The van der Waals surface area contributed by atoms with Crippen molar-refractivity contribution >= 4 is 28.1 Å². The van der Waals surface area contributed by atoms with Gasteiger partial charge in [0.05, 0.1) is 32.0 Å². The molecule has 0 saturated heterocycles. The number of hydrogen-bond acceptors (Lipinski definition) is 6. The molecular formula is C22H27BrN2O5. The van der Waals surface area contributed by atoms with E-state index in [9.17, 15) is 4.79 Å². The summed E-state index contributed by atoms with van der Waals surface area (Å²) in [4.78, 5) is 12.1. The van der Waals surface area contributed by atoms with E-state index in [4.69, 9.17) is 18.9 Å². The first-order valence-electron chi connectivity index (χ1n) is 9.24. The molecule has 0 aliphatic heterocycles. The molecule has 1 N–H and O–H groups in total. The fourth-order valence-corrected chi connectivity index (χ4v) is 3.11. The molecule has 0 radical (unpaired) electrons. The van der Waals surface area contributed by atoms with Gasteiger partial charge in [-0.1, -0.05) is 26.8 Å². The maximum atomic E-state index is 12.1. The molecule has 162 valence electrons. The Morgan fingerprint density at radius 3 is 2.17 bits per heavy atom. The van der Waals surface area contributed by atoms with E-state index in [1.54, 1.807) is 12.1 Å². The van der Waals surface area contributed by atoms with E-state index in [1.807, 2.05) is 18.2 Å². The monoisotopic (exact) mass is 478 g/mol. The second-order valence-corrected chi connectivity index (χ2v) is 8.29. The first-order chi connectivity index (χ1) is 14.2. The summed E-state index contributed by atoms with van der Waals surface area (Å²) in [5.41, 5.74) is 4.31. The second-order valence-electron chi connectivity index (χ2n) is 7.44. The Labute approximate surface area is 185 Å². The van der Waals surface area contributed by atoms with Gasteiger partial charge >= 0.3 is 0 Å². The standard InChI is InChI=1S/C22H27BrN2O5/c1-22(2,3)15-7-8-17(16(23)11-15)30-13-20(26)25-24-12-14-9-18(27-4)21(29-6)19(10-14)28-5/h7-12H,13H2,1-6H3,(H,25,26). The SMILES string of the molecule is COc1cc(C=NNC(=O)COc2ccc(C(C)(C)C)cc2Br)cc(OC)c1OC. The molecule has 0 saturated carbocycles. The predicted molar refractivity (Wildman–Crippen MR) is 120 cm³/mol. The van der Waals surface area contributed by atoms with E-state index >= 15 is 0 Å². The molecule has 0 heterocycles. The first-order valence-corrected chi connectivity index (χ1v) is 10.0. The molecule has 30 heavy (non-hydrogen) atoms. The number of ether oxygens (including phenoxy) is 4. The van der Waals surface area contributed by atoms with Gasteiger partial charge in [0.2, 0.25) is 5.75 Å². The summed E-state index contributed by atoms with van der Waals surface area (Å²) in [6.45, 7) is 6.23. The predicted octanol–water partition coefficient (Wildman–Crippen LogP) is 4.30. The average molecular weight is 479 g/mol. The fraction of sp³-hybridized carbons (Fsp3) is 0.364. The Morgan fingerprint density at radius 2 is 1.67 bits per heavy atom. The van der Waals surface area contributed by atoms with Crippen molar-refractivity contribution in [2.75, 3.05) is 27.9 Å². The molecular weight excluding hydrogens is 452 g/mol. The van der Waals surface area contributed by atoms with Crippen LogP contribution in [0.15, 0.2) is 39.9 Å². The molecule has 8 heteroatoms. The smallest absolute Gasteiger partial charge is 0.277 e. The van der Waals surface area contributed by atoms with Crippen molar-refractivity contribution in [1.29, 1.82) is 0 Å². The van der Waals surface area contributed by atoms with E-state index < -0.39 is 0 Å². The van der Waals surface area contributed by atoms with E-state index in [0.29, 0.717) is 28.6 Å². The highest BCUT2D eigenvalue weighted by Crippen LogP contribution is 2.37. The zero-order valence-corrected chi connectivity index (χ0v) is 19.6. The van der Waals surface area contributed by atoms with E-state index in [2.05, 4.69) is 47.2 Å². The molecule has 0 fully saturated rings. The lowest BCUT2D eigenvalue weighted by Gasteiger charge is -2.20. The van der Waals surface area contributed by atoms with Crippen LogP contribution in [0.3, 0.4) is 0 Å². The summed E-state index contributed by atoms with van der Waals surface area (Å²) in [5.74, 6) is 1.68. The molecule has 0 atom stereocenters. The largest absolute Gasteiger partial charge is 0.493 e. The summed E-state index contributed by atoms with van der Waals surface area (Å²) in [6.07, 6.45) is 1.48. The maximum Gasteiger partial charge on any atom is 0.277 e. The third-order valence-electron chi connectivity index (χ3n) is 4.25. The lowest BCUT2D eigenvalue weighted by molar-refractivity contribution is -0.123. The van der Waals surface area contributed by atoms with E-state index in [-0.39, 0.29) is 17.9 Å². The van der Waals surface area contributed by atoms with Gasteiger partial charge < -0.3 is 18.9 Å². The maximum absolute atomic E-state index is 12.1. The van der Waals surface area contributed by atoms with Crippen molar-refractivity contribution in [3.63, 3.8) is 0 Å². The van der Waals surface area contributed by atoms with Crippen molar-refractivity contribution < 1.29 is 23.7 Å². The lowest BCUT2D eigenvalue weighted by atomic mass is 9.87. The molecule has 0 aliphatic rings. The number of nitrogens with one attached hydrogen (secondary N) is 1. The minimum Gasteiger partial charge on any atom is -0.493 e. The zero-order valence-electron chi connectivity index (χ0n) is 18.0. The van der Waals surface area contributed by atoms with Gasteiger partial charge in [0.25, 0.3) is 5.91 Å². The van der Waals surface area contributed by atoms with Gasteiger partial charge in [-0.15, -0.1) is 0 Å². The van der Waals surface area contributed by atoms with Gasteiger partial charge in [-0.25, -0.2) is 5.43 Å². The molecule has 0 aromatic heterocycles. The van der Waals surface area contributed by atoms with Crippen molar-refractivity contribution in [2.45, 2.75) is 26.2 Å². The van der Waals surface area contributed by atoms with Crippen LogP contribution in [0.4, 0.5) is 0 Å². The normalized spacial score (nSPS) is 11.3. The summed E-state index contributed by atoms with van der Waals surface area (Å²) >= 11 is 3.49. The molecule has 0 unspecified atom stereocenters. The van der Waals surface area contributed by atoms with Crippen molar-refractivity contribution in [2.24, 2.45) is 5.10 Å². The van der Waals surface area contributed by atoms with Gasteiger partial charge in [0.1, 0.15) is 5.75 Å². The molecule has 2 aromatic rings. The number of nitrogens with zero attached hydrogens (tertiary/aromatic N) is 1. The van der Waals surface area contributed by atoms with E-state index in [1.165, 1.54) is 33.1 Å². The molecule has 0 bridgehead atoms. The van der Waals surface area contributed by atoms with Crippen LogP contribution in [0, 0.1) is 0 Å². The van der Waals surface area contributed by atoms with Crippen LogP contribution in [-0.4, -0.2) is 40.1 Å². The highest BCUT2D eigenvalue weighted by molar-refractivity contribution is 9.10. The highest BCUT2D eigenvalue weighted by Gasteiger charge is 2.16. The fourth-order valence-electron chi connectivity index (χ4n) is 2.61. The lowest BCUT2D eigenvalue weighted by Crippen LogP contribution is -2.24. The van der Waals surface area contributed by atoms with Crippen LogP contribution in [0.25, 0.3) is 0 Å². The third-order valence-corrected chi connectivity index (χ3v) is 4.87. The second kappa shape index (κ2) is 10.3. The summed E-state index contributed by atoms with van der Waals surface area (Å²) in [7, 11) is 4.59. The Bertz CT molecular complexity index is 897. The summed E-state index contributed by atoms with van der Waals surface area (Å²) in [5, 5.41) is 3.96. The van der Waals surface area contributed by atoms with Gasteiger partial charge in [0, 0.05) is 5.56 Å². The van der Waals surface area contributed by atoms with Crippen LogP contribution in [0.5, 0.6) is 23.0 Å². The molecule has 0 spiro atoms. The quantitative estimate of drug-likeness (QED) is 0.451. The summed E-state index contributed by atoms with van der Waals surface area (Å²) < 4.78 is 22.3. The number of hydrazone groups is 1. The number of rotatable bonds is 8. The van der Waals surface area contributed by atoms with Crippen molar-refractivity contribution in [1.82, 2.24) is 5.43 Å². The van der Waals surface area contributed by atoms with Crippen molar-refractivity contribution in [3.8, 4) is 23.0 Å². The average Bonchev–Trinajstić information content (AvgIpc) is 2.71. The van der Waals surface area contributed by atoms with Gasteiger partial charge in [-0.05, 0) is 51.2 Å². The Balaban J connectivity index is 1.97. The highest BCUT2D eigenvalue weighted by atomic mass is 79.9. The number of halogens is 1. The molecule has 7 nitrogen and oxygen atoms in total. The minimum absolute atomic E-state index is 0.0277. The molecule has 1 amide bonds. The van der Waals surface area contributed by atoms with Crippen LogP contribution in [0.1, 0.15) is 31.9 Å². The number of carbonyl (C=O) groups is 1. The van der Waals surface area contributed by atoms with Crippen LogP contribution >= 0.6 is 15.9 Å². The van der Waals surface area contributed by atoms with Crippen LogP contribution < -0.4 is 24.4 Å². The Kier molecular flexibility index (Phi) is 8.11. The molecule has 2 rings (SSSR count). The van der Waals surface area contributed by atoms with Gasteiger partial charge in [-0.2, -0.15) is 5.10 Å². The number of hydrogen-bond donors (Lipinski definition) is 1. The molecule has 2 aromatic carbocycles. The van der Waals surface area contributed by atoms with E-state index in [0.717, 1.165) is 4.47 Å². The van der Waals surface area contributed by atoms with Crippen molar-refractivity contribution in [3.05, 3.63) is 45.9 Å². The third kappa shape index (κ3) is 6.13. The summed E-state index contributed by atoms with van der Waals surface area (Å²) in [6, 6.07) is 9.27. The van der Waals surface area contributed by atoms with Crippen LogP contribution in [0.2, 0.25) is 0 Å². The Hall–Kier alpha value is -2.74.